The van der Waals surface area contributed by atoms with Gasteiger partial charge in [0, 0.05) is 11.4 Å². The number of carboxylic acids is 1. The Bertz CT molecular complexity index is 992. The third kappa shape index (κ3) is 4.05. The number of anilines is 1. The van der Waals surface area contributed by atoms with Crippen molar-refractivity contribution in [2.75, 3.05) is 5.32 Å². The smallest absolute Gasteiger partial charge is 0.341 e. The van der Waals surface area contributed by atoms with Crippen molar-refractivity contribution < 1.29 is 14.7 Å². The van der Waals surface area contributed by atoms with Crippen molar-refractivity contribution in [3.05, 3.63) is 88.2 Å². The summed E-state index contributed by atoms with van der Waals surface area (Å²) < 4.78 is 0. The van der Waals surface area contributed by atoms with Crippen LogP contribution in [-0.4, -0.2) is 22.0 Å². The summed E-state index contributed by atoms with van der Waals surface area (Å²) in [6.07, 6.45) is 0.284. The van der Waals surface area contributed by atoms with Crippen LogP contribution < -0.4 is 10.9 Å². The number of carbonyl (C=O) groups is 2. The maximum Gasteiger partial charge on any atom is 0.341 e. The molecule has 1 heterocycles. The molecule has 26 heavy (non-hydrogen) atoms. The SMILES string of the molecule is O=C(Cc1ccccc1)Nc1ccc(-c2ccc(C(=O)O)c(=O)[nH]2)cc1. The summed E-state index contributed by atoms with van der Waals surface area (Å²) in [6.45, 7) is 0. The summed E-state index contributed by atoms with van der Waals surface area (Å²) in [7, 11) is 0. The van der Waals surface area contributed by atoms with Gasteiger partial charge in [-0.2, -0.15) is 0 Å². The van der Waals surface area contributed by atoms with Crippen molar-refractivity contribution in [3.8, 4) is 11.3 Å². The molecular weight excluding hydrogens is 332 g/mol. The number of H-pyrrole nitrogens is 1. The zero-order chi connectivity index (χ0) is 18.5. The van der Waals surface area contributed by atoms with Crippen molar-refractivity contribution >= 4 is 17.6 Å². The molecule has 0 saturated heterocycles. The number of rotatable bonds is 5. The van der Waals surface area contributed by atoms with Crippen LogP contribution in [-0.2, 0) is 11.2 Å². The minimum atomic E-state index is -1.27. The normalized spacial score (nSPS) is 10.3. The molecule has 6 heteroatoms. The molecule has 0 aliphatic rings. The standard InChI is InChI=1S/C20H16N2O4/c23-18(12-13-4-2-1-3-5-13)21-15-8-6-14(7-9-15)17-11-10-16(20(25)26)19(24)22-17/h1-11H,12H2,(H,21,23)(H,22,24)(H,25,26). The first-order valence-corrected chi connectivity index (χ1v) is 7.94. The van der Waals surface area contributed by atoms with Crippen LogP contribution in [0.5, 0.6) is 0 Å². The lowest BCUT2D eigenvalue weighted by Crippen LogP contribution is -2.17. The van der Waals surface area contributed by atoms with Crippen molar-refractivity contribution in [2.45, 2.75) is 6.42 Å². The quantitative estimate of drug-likeness (QED) is 0.660. The molecule has 3 N–H and O–H groups in total. The van der Waals surface area contributed by atoms with E-state index in [1.54, 1.807) is 24.3 Å². The third-order valence-corrected chi connectivity index (χ3v) is 3.83. The molecule has 0 unspecified atom stereocenters. The van der Waals surface area contributed by atoms with Gasteiger partial charge in [0.05, 0.1) is 6.42 Å². The molecule has 130 valence electrons. The van der Waals surface area contributed by atoms with Crippen LogP contribution in [0.1, 0.15) is 15.9 Å². The molecule has 3 aromatic rings. The molecule has 0 atom stereocenters. The Morgan fingerprint density at radius 3 is 2.23 bits per heavy atom. The monoisotopic (exact) mass is 348 g/mol. The van der Waals surface area contributed by atoms with Gasteiger partial charge in [-0.05, 0) is 35.4 Å². The minimum absolute atomic E-state index is 0.122. The Balaban J connectivity index is 1.70. The number of hydrogen-bond donors (Lipinski definition) is 3. The largest absolute Gasteiger partial charge is 0.477 e. The van der Waals surface area contributed by atoms with Crippen LogP contribution >= 0.6 is 0 Å². The predicted molar refractivity (Wildman–Crippen MR) is 98.2 cm³/mol. The Morgan fingerprint density at radius 2 is 1.62 bits per heavy atom. The van der Waals surface area contributed by atoms with Crippen LogP contribution in [0.3, 0.4) is 0 Å². The number of aromatic amines is 1. The summed E-state index contributed by atoms with van der Waals surface area (Å²) >= 11 is 0. The van der Waals surface area contributed by atoms with E-state index >= 15 is 0 Å². The molecule has 0 saturated carbocycles. The lowest BCUT2D eigenvalue weighted by atomic mass is 10.1. The van der Waals surface area contributed by atoms with Crippen molar-refractivity contribution in [1.29, 1.82) is 0 Å². The van der Waals surface area contributed by atoms with Crippen LogP contribution in [0.15, 0.2) is 71.5 Å². The second kappa shape index (κ2) is 7.48. The molecule has 3 rings (SSSR count). The van der Waals surface area contributed by atoms with Crippen LogP contribution in [0.2, 0.25) is 0 Å². The molecule has 1 amide bonds. The zero-order valence-electron chi connectivity index (χ0n) is 13.7. The summed E-state index contributed by atoms with van der Waals surface area (Å²) in [5.41, 5.74) is 1.81. The van der Waals surface area contributed by atoms with Gasteiger partial charge in [0.2, 0.25) is 5.91 Å². The second-order valence-corrected chi connectivity index (χ2v) is 5.71. The Morgan fingerprint density at radius 1 is 0.923 bits per heavy atom. The van der Waals surface area contributed by atoms with Crippen LogP contribution in [0.25, 0.3) is 11.3 Å². The van der Waals surface area contributed by atoms with Gasteiger partial charge in [0.25, 0.3) is 5.56 Å². The Kier molecular flexibility index (Phi) is 4.94. The summed E-state index contributed by atoms with van der Waals surface area (Å²) in [6, 6.07) is 19.2. The summed E-state index contributed by atoms with van der Waals surface area (Å²) in [5, 5.41) is 11.7. The number of aromatic nitrogens is 1. The number of hydrogen-bond acceptors (Lipinski definition) is 3. The van der Waals surface area contributed by atoms with Gasteiger partial charge in [-0.3, -0.25) is 9.59 Å². The highest BCUT2D eigenvalue weighted by Crippen LogP contribution is 2.19. The fourth-order valence-corrected chi connectivity index (χ4v) is 2.53. The number of amides is 1. The third-order valence-electron chi connectivity index (χ3n) is 3.83. The highest BCUT2D eigenvalue weighted by atomic mass is 16.4. The van der Waals surface area contributed by atoms with Gasteiger partial charge in [0.1, 0.15) is 5.56 Å². The van der Waals surface area contributed by atoms with Crippen molar-refractivity contribution in [3.63, 3.8) is 0 Å². The highest BCUT2D eigenvalue weighted by Gasteiger charge is 2.09. The first-order chi connectivity index (χ1) is 12.5. The van der Waals surface area contributed by atoms with E-state index in [0.717, 1.165) is 5.56 Å². The molecule has 0 fully saturated rings. The predicted octanol–water partition coefficient (Wildman–Crippen LogP) is 2.92. The van der Waals surface area contributed by atoms with E-state index < -0.39 is 11.5 Å². The fourth-order valence-electron chi connectivity index (χ4n) is 2.53. The number of carboxylic acid groups (broad SMARTS) is 1. The molecule has 6 nitrogen and oxygen atoms in total. The number of pyridine rings is 1. The first-order valence-electron chi connectivity index (χ1n) is 7.94. The summed E-state index contributed by atoms with van der Waals surface area (Å²) in [5.74, 6) is -1.39. The van der Waals surface area contributed by atoms with Gasteiger partial charge in [-0.1, -0.05) is 42.5 Å². The maximum absolute atomic E-state index is 12.1. The van der Waals surface area contributed by atoms with Crippen molar-refractivity contribution in [2.24, 2.45) is 0 Å². The highest BCUT2D eigenvalue weighted by molar-refractivity contribution is 5.92. The average Bonchev–Trinajstić information content (AvgIpc) is 2.62. The zero-order valence-corrected chi connectivity index (χ0v) is 13.7. The number of benzene rings is 2. The molecule has 0 spiro atoms. The van der Waals surface area contributed by atoms with E-state index in [1.165, 1.54) is 12.1 Å². The molecule has 0 radical (unpaired) electrons. The molecule has 0 bridgehead atoms. The molecular formula is C20H16N2O4. The van der Waals surface area contributed by atoms with Crippen molar-refractivity contribution in [1.82, 2.24) is 4.98 Å². The fraction of sp³-hybridized carbons (Fsp3) is 0.0500. The molecule has 0 aliphatic heterocycles. The van der Waals surface area contributed by atoms with Gasteiger partial charge in [-0.25, -0.2) is 4.79 Å². The van der Waals surface area contributed by atoms with E-state index in [-0.39, 0.29) is 17.9 Å². The number of aromatic carboxylic acids is 1. The lowest BCUT2D eigenvalue weighted by molar-refractivity contribution is -0.115. The van der Waals surface area contributed by atoms with Gasteiger partial charge < -0.3 is 15.4 Å². The Hall–Kier alpha value is -3.67. The van der Waals surface area contributed by atoms with Crippen LogP contribution in [0, 0.1) is 0 Å². The Labute approximate surface area is 149 Å². The van der Waals surface area contributed by atoms with E-state index in [1.807, 2.05) is 30.3 Å². The van der Waals surface area contributed by atoms with E-state index in [2.05, 4.69) is 10.3 Å². The van der Waals surface area contributed by atoms with E-state index in [9.17, 15) is 14.4 Å². The van der Waals surface area contributed by atoms with Gasteiger partial charge >= 0.3 is 5.97 Å². The summed E-state index contributed by atoms with van der Waals surface area (Å²) in [4.78, 5) is 37.2. The average molecular weight is 348 g/mol. The number of nitrogens with one attached hydrogen (secondary N) is 2. The second-order valence-electron chi connectivity index (χ2n) is 5.71. The molecule has 0 aliphatic carbocycles. The van der Waals surface area contributed by atoms with Gasteiger partial charge in [0.15, 0.2) is 0 Å². The minimum Gasteiger partial charge on any atom is -0.477 e. The first kappa shape index (κ1) is 17.2. The number of carbonyl (C=O) groups excluding carboxylic acids is 1. The van der Waals surface area contributed by atoms with E-state index in [4.69, 9.17) is 5.11 Å². The topological polar surface area (TPSA) is 99.3 Å². The van der Waals surface area contributed by atoms with Crippen LogP contribution in [0.4, 0.5) is 5.69 Å². The molecule has 1 aromatic heterocycles. The van der Waals surface area contributed by atoms with Gasteiger partial charge in [-0.15, -0.1) is 0 Å². The lowest BCUT2D eigenvalue weighted by Gasteiger charge is -2.07. The maximum atomic E-state index is 12.1. The molecule has 2 aromatic carbocycles. The van der Waals surface area contributed by atoms with E-state index in [0.29, 0.717) is 16.9 Å².